The molecule has 23 heavy (non-hydrogen) atoms. The van der Waals surface area contributed by atoms with Crippen LogP contribution in [0.25, 0.3) is 11.0 Å². The highest BCUT2D eigenvalue weighted by Gasteiger charge is 2.25. The molecular formula is C16H21N3O4. The maximum absolute atomic E-state index is 12.1. The Morgan fingerprint density at radius 1 is 1.43 bits per heavy atom. The van der Waals surface area contributed by atoms with Crippen LogP contribution in [0, 0.1) is 0 Å². The quantitative estimate of drug-likeness (QED) is 0.731. The molecule has 1 aliphatic heterocycles. The van der Waals surface area contributed by atoms with Gasteiger partial charge in [0.15, 0.2) is 0 Å². The molecule has 3 N–H and O–H groups in total. The minimum absolute atomic E-state index is 0.152. The zero-order valence-corrected chi connectivity index (χ0v) is 12.8. The molecule has 0 saturated carbocycles. The zero-order valence-electron chi connectivity index (χ0n) is 12.8. The number of aryl methyl sites for hydroxylation is 1. The van der Waals surface area contributed by atoms with E-state index in [9.17, 15) is 15.0 Å². The number of benzene rings is 1. The van der Waals surface area contributed by atoms with Crippen LogP contribution in [-0.2, 0) is 22.7 Å². The van der Waals surface area contributed by atoms with Crippen molar-refractivity contribution in [2.24, 2.45) is 0 Å². The summed E-state index contributed by atoms with van der Waals surface area (Å²) >= 11 is 0. The fraction of sp³-hybridized carbons (Fsp3) is 0.500. The standard InChI is InChI=1S/C16H21N3O4/c20-9-15-17-11-3-1-2-4-13(11)19(15)7-5-16(22)18-12-10-23-8-6-14(12)21/h1-4,12,14,20-21H,5-10H2,(H,18,22)/t12-,14-/m1/s1. The van der Waals surface area contributed by atoms with Crippen molar-refractivity contribution in [2.45, 2.75) is 38.1 Å². The Bertz CT molecular complexity index is 685. The summed E-state index contributed by atoms with van der Waals surface area (Å²) in [6.07, 6.45) is 0.220. The van der Waals surface area contributed by atoms with Gasteiger partial charge in [-0.2, -0.15) is 0 Å². The van der Waals surface area contributed by atoms with Crippen LogP contribution in [-0.4, -0.2) is 51.0 Å². The lowest BCUT2D eigenvalue weighted by Gasteiger charge is -2.28. The average Bonchev–Trinajstić information content (AvgIpc) is 2.93. The molecule has 0 radical (unpaired) electrons. The summed E-state index contributed by atoms with van der Waals surface area (Å²) in [5, 5.41) is 22.1. The molecule has 1 saturated heterocycles. The Labute approximate surface area is 133 Å². The first-order valence-corrected chi connectivity index (χ1v) is 7.79. The van der Waals surface area contributed by atoms with Gasteiger partial charge in [0.05, 0.1) is 29.8 Å². The second-order valence-electron chi connectivity index (χ2n) is 5.68. The number of amides is 1. The van der Waals surface area contributed by atoms with Crippen LogP contribution in [0.3, 0.4) is 0 Å². The highest BCUT2D eigenvalue weighted by Crippen LogP contribution is 2.16. The van der Waals surface area contributed by atoms with Gasteiger partial charge in [0, 0.05) is 19.6 Å². The molecule has 1 amide bonds. The molecule has 1 aromatic heterocycles. The van der Waals surface area contributed by atoms with E-state index in [1.165, 1.54) is 0 Å². The molecule has 2 atom stereocenters. The maximum atomic E-state index is 12.1. The molecule has 2 heterocycles. The monoisotopic (exact) mass is 319 g/mol. The number of hydrogen-bond acceptors (Lipinski definition) is 5. The highest BCUT2D eigenvalue weighted by molar-refractivity contribution is 5.78. The number of para-hydroxylation sites is 2. The molecule has 124 valence electrons. The molecule has 0 spiro atoms. The lowest BCUT2D eigenvalue weighted by molar-refractivity contribution is -0.124. The van der Waals surface area contributed by atoms with Gasteiger partial charge in [-0.15, -0.1) is 0 Å². The minimum atomic E-state index is -0.560. The maximum Gasteiger partial charge on any atom is 0.222 e. The van der Waals surface area contributed by atoms with Crippen molar-refractivity contribution in [1.82, 2.24) is 14.9 Å². The molecule has 0 unspecified atom stereocenters. The first-order valence-electron chi connectivity index (χ1n) is 7.79. The SMILES string of the molecule is O=C(CCn1c(CO)nc2ccccc21)N[C@@H]1COCC[C@H]1O. The van der Waals surface area contributed by atoms with E-state index in [1.807, 2.05) is 28.8 Å². The number of hydrogen-bond donors (Lipinski definition) is 3. The number of ether oxygens (including phenoxy) is 1. The number of carbonyl (C=O) groups is 1. The van der Waals surface area contributed by atoms with E-state index in [4.69, 9.17) is 4.74 Å². The fourth-order valence-electron chi connectivity index (χ4n) is 2.85. The van der Waals surface area contributed by atoms with Gasteiger partial charge >= 0.3 is 0 Å². The third kappa shape index (κ3) is 3.52. The summed E-state index contributed by atoms with van der Waals surface area (Å²) in [4.78, 5) is 16.5. The van der Waals surface area contributed by atoms with Crippen LogP contribution in [0.2, 0.25) is 0 Å². The third-order valence-electron chi connectivity index (χ3n) is 4.10. The Balaban J connectivity index is 1.64. The fourth-order valence-corrected chi connectivity index (χ4v) is 2.85. The molecule has 7 nitrogen and oxygen atoms in total. The predicted molar refractivity (Wildman–Crippen MR) is 83.6 cm³/mol. The van der Waals surface area contributed by atoms with Gasteiger partial charge in [0.1, 0.15) is 12.4 Å². The van der Waals surface area contributed by atoms with E-state index < -0.39 is 6.10 Å². The first-order chi connectivity index (χ1) is 11.2. The molecule has 1 fully saturated rings. The van der Waals surface area contributed by atoms with E-state index in [0.29, 0.717) is 32.0 Å². The summed E-state index contributed by atoms with van der Waals surface area (Å²) in [5.41, 5.74) is 1.69. The molecule has 2 aromatic rings. The van der Waals surface area contributed by atoms with Crippen LogP contribution in [0.4, 0.5) is 0 Å². The Kier molecular flexibility index (Phi) is 4.90. The predicted octanol–water partition coefficient (Wildman–Crippen LogP) is 0.185. The lowest BCUT2D eigenvalue weighted by Crippen LogP contribution is -2.49. The molecule has 1 aromatic carbocycles. The molecule has 3 rings (SSSR count). The van der Waals surface area contributed by atoms with Gasteiger partial charge < -0.3 is 24.8 Å². The zero-order chi connectivity index (χ0) is 16.2. The summed E-state index contributed by atoms with van der Waals surface area (Å²) in [6, 6.07) is 7.22. The van der Waals surface area contributed by atoms with Crippen LogP contribution >= 0.6 is 0 Å². The average molecular weight is 319 g/mol. The van der Waals surface area contributed by atoms with Crippen LogP contribution in [0.15, 0.2) is 24.3 Å². The number of aliphatic hydroxyl groups excluding tert-OH is 2. The van der Waals surface area contributed by atoms with Gasteiger partial charge in [-0.1, -0.05) is 12.1 Å². The molecule has 1 aliphatic rings. The number of aliphatic hydroxyl groups is 2. The van der Waals surface area contributed by atoms with Gasteiger partial charge in [0.2, 0.25) is 5.91 Å². The molecule has 0 aliphatic carbocycles. The van der Waals surface area contributed by atoms with Gasteiger partial charge in [-0.25, -0.2) is 4.98 Å². The van der Waals surface area contributed by atoms with Crippen LogP contribution in [0.5, 0.6) is 0 Å². The minimum Gasteiger partial charge on any atom is -0.391 e. The summed E-state index contributed by atoms with van der Waals surface area (Å²) in [7, 11) is 0. The largest absolute Gasteiger partial charge is 0.391 e. The van der Waals surface area contributed by atoms with E-state index in [0.717, 1.165) is 11.0 Å². The second kappa shape index (κ2) is 7.08. The van der Waals surface area contributed by atoms with Crippen molar-refractivity contribution in [1.29, 1.82) is 0 Å². The highest BCUT2D eigenvalue weighted by atomic mass is 16.5. The van der Waals surface area contributed by atoms with Crippen molar-refractivity contribution in [3.63, 3.8) is 0 Å². The summed E-state index contributed by atoms with van der Waals surface area (Å²) < 4.78 is 7.12. The topological polar surface area (TPSA) is 96.6 Å². The van der Waals surface area contributed by atoms with Crippen molar-refractivity contribution >= 4 is 16.9 Å². The number of nitrogens with zero attached hydrogens (tertiary/aromatic N) is 2. The van der Waals surface area contributed by atoms with E-state index in [-0.39, 0.29) is 25.0 Å². The second-order valence-corrected chi connectivity index (χ2v) is 5.68. The van der Waals surface area contributed by atoms with Crippen LogP contribution in [0.1, 0.15) is 18.7 Å². The van der Waals surface area contributed by atoms with Crippen LogP contribution < -0.4 is 5.32 Å². The number of imidazole rings is 1. The van der Waals surface area contributed by atoms with Crippen molar-refractivity contribution in [3.05, 3.63) is 30.1 Å². The Hall–Kier alpha value is -1.96. The third-order valence-corrected chi connectivity index (χ3v) is 4.10. The normalized spacial score (nSPS) is 21.5. The Morgan fingerprint density at radius 3 is 3.04 bits per heavy atom. The molecule has 7 heteroatoms. The number of nitrogens with one attached hydrogen (secondary N) is 1. The van der Waals surface area contributed by atoms with E-state index in [1.54, 1.807) is 0 Å². The Morgan fingerprint density at radius 2 is 2.26 bits per heavy atom. The smallest absolute Gasteiger partial charge is 0.222 e. The van der Waals surface area contributed by atoms with E-state index in [2.05, 4.69) is 10.3 Å². The van der Waals surface area contributed by atoms with Crippen molar-refractivity contribution < 1.29 is 19.7 Å². The van der Waals surface area contributed by atoms with Gasteiger partial charge in [0.25, 0.3) is 0 Å². The van der Waals surface area contributed by atoms with Gasteiger partial charge in [-0.3, -0.25) is 4.79 Å². The van der Waals surface area contributed by atoms with Crippen molar-refractivity contribution in [3.8, 4) is 0 Å². The van der Waals surface area contributed by atoms with E-state index >= 15 is 0 Å². The molecule has 0 bridgehead atoms. The number of aromatic nitrogens is 2. The van der Waals surface area contributed by atoms with Crippen molar-refractivity contribution in [2.75, 3.05) is 13.2 Å². The first kappa shape index (κ1) is 15.9. The molecular weight excluding hydrogens is 298 g/mol. The van der Waals surface area contributed by atoms with Gasteiger partial charge in [-0.05, 0) is 18.6 Å². The number of carbonyl (C=O) groups excluding carboxylic acids is 1. The number of fused-ring (bicyclic) bond motifs is 1. The number of rotatable bonds is 5. The summed E-state index contributed by atoms with van der Waals surface area (Å²) in [6.45, 7) is 1.11. The summed E-state index contributed by atoms with van der Waals surface area (Å²) in [5.74, 6) is 0.390. The lowest BCUT2D eigenvalue weighted by atomic mass is 10.1.